The van der Waals surface area contributed by atoms with Crippen LogP contribution in [-0.2, 0) is 23.9 Å². The summed E-state index contributed by atoms with van der Waals surface area (Å²) in [6, 6.07) is -1.67. The van der Waals surface area contributed by atoms with Crippen LogP contribution in [0.15, 0.2) is 0 Å². The van der Waals surface area contributed by atoms with E-state index in [1.165, 1.54) is 38.5 Å². The van der Waals surface area contributed by atoms with Crippen molar-refractivity contribution in [1.82, 2.24) is 5.32 Å². The number of nitrogens with two attached hydrogens (primary N) is 2. The lowest BCUT2D eigenvalue weighted by molar-refractivity contribution is -0.149. The summed E-state index contributed by atoms with van der Waals surface area (Å²) >= 11 is 0. The molecule has 0 aromatic heterocycles. The number of rotatable bonds is 23. The third-order valence-corrected chi connectivity index (χ3v) is 5.80. The van der Waals surface area contributed by atoms with E-state index in [4.69, 9.17) is 20.9 Å². The highest BCUT2D eigenvalue weighted by Gasteiger charge is 2.25. The Hall–Kier alpha value is -1.67. The maximum absolute atomic E-state index is 12.6. The lowest BCUT2D eigenvalue weighted by Gasteiger charge is -2.20. The second-order valence-electron chi connectivity index (χ2n) is 9.06. The van der Waals surface area contributed by atoms with Gasteiger partial charge in [0.25, 0.3) is 0 Å². The maximum Gasteiger partial charge on any atom is 0.328 e. The van der Waals surface area contributed by atoms with Crippen molar-refractivity contribution in [3.05, 3.63) is 0 Å². The summed E-state index contributed by atoms with van der Waals surface area (Å²) in [5.41, 5.74) is 11.4. The zero-order valence-corrected chi connectivity index (χ0v) is 21.8. The SMILES string of the molecule is CCCCCCCCOC(=O)CC[C@H](NC(=O)[C@@H](N)CCCN)C(=O)OCCCCCCCC. The molecule has 0 aliphatic rings. The lowest BCUT2D eigenvalue weighted by atomic mass is 10.1. The summed E-state index contributed by atoms with van der Waals surface area (Å²) in [6.07, 6.45) is 14.4. The van der Waals surface area contributed by atoms with Crippen LogP contribution in [0.25, 0.3) is 0 Å². The Labute approximate surface area is 207 Å². The van der Waals surface area contributed by atoms with Gasteiger partial charge in [-0.3, -0.25) is 9.59 Å². The lowest BCUT2D eigenvalue weighted by Crippen LogP contribution is -2.49. The molecule has 0 rings (SSSR count). The number of esters is 2. The smallest absolute Gasteiger partial charge is 0.328 e. The quantitative estimate of drug-likeness (QED) is 0.146. The molecule has 0 radical (unpaired) electrons. The first-order valence-corrected chi connectivity index (χ1v) is 13.5. The first kappa shape index (κ1) is 32.3. The van der Waals surface area contributed by atoms with Crippen LogP contribution in [0.5, 0.6) is 0 Å². The molecule has 0 unspecified atom stereocenters. The Morgan fingerprint density at radius 3 is 1.82 bits per heavy atom. The number of carbonyl (C=O) groups excluding carboxylic acids is 3. The fraction of sp³-hybridized carbons (Fsp3) is 0.885. The van der Waals surface area contributed by atoms with Gasteiger partial charge >= 0.3 is 11.9 Å². The van der Waals surface area contributed by atoms with Gasteiger partial charge in [0.05, 0.1) is 19.3 Å². The van der Waals surface area contributed by atoms with Crippen molar-refractivity contribution in [3.8, 4) is 0 Å². The van der Waals surface area contributed by atoms with Crippen LogP contribution in [0.4, 0.5) is 0 Å². The van der Waals surface area contributed by atoms with E-state index in [0.717, 1.165) is 38.5 Å². The molecule has 0 spiro atoms. The molecule has 8 nitrogen and oxygen atoms in total. The predicted molar refractivity (Wildman–Crippen MR) is 136 cm³/mol. The van der Waals surface area contributed by atoms with E-state index in [9.17, 15) is 14.4 Å². The molecule has 0 aliphatic carbocycles. The van der Waals surface area contributed by atoms with Crippen molar-refractivity contribution >= 4 is 17.8 Å². The van der Waals surface area contributed by atoms with Crippen molar-refractivity contribution in [1.29, 1.82) is 0 Å². The Bertz CT molecular complexity index is 531. The molecule has 0 bridgehead atoms. The van der Waals surface area contributed by atoms with Gasteiger partial charge in [0, 0.05) is 6.42 Å². The summed E-state index contributed by atoms with van der Waals surface area (Å²) in [7, 11) is 0. The summed E-state index contributed by atoms with van der Waals surface area (Å²) in [5.74, 6) is -1.34. The zero-order valence-electron chi connectivity index (χ0n) is 21.8. The van der Waals surface area contributed by atoms with Crippen molar-refractivity contribution in [2.24, 2.45) is 11.5 Å². The number of nitrogens with one attached hydrogen (secondary N) is 1. The molecule has 5 N–H and O–H groups in total. The molecule has 0 aromatic rings. The second kappa shape index (κ2) is 23.1. The van der Waals surface area contributed by atoms with Crippen molar-refractivity contribution in [2.45, 2.75) is 129 Å². The van der Waals surface area contributed by atoms with Crippen LogP contribution >= 0.6 is 0 Å². The normalized spacial score (nSPS) is 12.7. The molecular weight excluding hydrogens is 434 g/mol. The molecule has 0 aliphatic heterocycles. The standard InChI is InChI=1S/C26H51N3O5/c1-3-5-7-9-11-13-20-33-24(30)18-17-23(29-25(31)22(28)16-15-19-27)26(32)34-21-14-12-10-8-6-4-2/h22-23H,3-21,27-28H2,1-2H3,(H,29,31)/t22-,23-/m0/s1. The van der Waals surface area contributed by atoms with Gasteiger partial charge in [-0.1, -0.05) is 78.1 Å². The highest BCUT2D eigenvalue weighted by molar-refractivity contribution is 5.87. The van der Waals surface area contributed by atoms with Crippen molar-refractivity contribution in [3.63, 3.8) is 0 Å². The van der Waals surface area contributed by atoms with Crippen molar-refractivity contribution in [2.75, 3.05) is 19.8 Å². The van der Waals surface area contributed by atoms with Crippen LogP contribution in [0.2, 0.25) is 0 Å². The summed E-state index contributed by atoms with van der Waals surface area (Å²) in [6.45, 7) is 5.47. The van der Waals surface area contributed by atoms with Crippen LogP contribution in [0, 0.1) is 0 Å². The Balaban J connectivity index is 4.47. The van der Waals surface area contributed by atoms with Crippen LogP contribution < -0.4 is 16.8 Å². The van der Waals surface area contributed by atoms with Gasteiger partial charge < -0.3 is 26.3 Å². The zero-order chi connectivity index (χ0) is 25.4. The van der Waals surface area contributed by atoms with E-state index >= 15 is 0 Å². The molecule has 0 aromatic carbocycles. The minimum absolute atomic E-state index is 0.0327. The van der Waals surface area contributed by atoms with Gasteiger partial charge in [-0.25, -0.2) is 4.79 Å². The van der Waals surface area contributed by atoms with E-state index in [1.54, 1.807) is 0 Å². The number of unbranched alkanes of at least 4 members (excludes halogenated alkanes) is 10. The van der Waals surface area contributed by atoms with Gasteiger partial charge in [-0.2, -0.15) is 0 Å². The fourth-order valence-corrected chi connectivity index (χ4v) is 3.56. The first-order valence-electron chi connectivity index (χ1n) is 13.5. The summed E-state index contributed by atoms with van der Waals surface area (Å²) in [5, 5.41) is 2.66. The third kappa shape index (κ3) is 18.7. The number of ether oxygens (including phenoxy) is 2. The average molecular weight is 486 g/mol. The Kier molecular flexibility index (Phi) is 22.0. The molecule has 0 saturated heterocycles. The molecule has 1 amide bonds. The Morgan fingerprint density at radius 2 is 1.26 bits per heavy atom. The summed E-state index contributed by atoms with van der Waals surface area (Å²) < 4.78 is 10.7. The van der Waals surface area contributed by atoms with Gasteiger partial charge in [-0.05, 0) is 38.6 Å². The van der Waals surface area contributed by atoms with Crippen LogP contribution in [0.3, 0.4) is 0 Å². The van der Waals surface area contributed by atoms with E-state index < -0.39 is 24.0 Å². The molecular formula is C26H51N3O5. The highest BCUT2D eigenvalue weighted by atomic mass is 16.5. The van der Waals surface area contributed by atoms with Crippen LogP contribution in [0.1, 0.15) is 117 Å². The van der Waals surface area contributed by atoms with Gasteiger partial charge in [0.2, 0.25) is 5.91 Å². The molecule has 0 fully saturated rings. The number of amides is 1. The van der Waals surface area contributed by atoms with E-state index in [2.05, 4.69) is 19.2 Å². The number of hydrogen-bond donors (Lipinski definition) is 3. The van der Waals surface area contributed by atoms with Gasteiger partial charge in [0.1, 0.15) is 6.04 Å². The average Bonchev–Trinajstić information content (AvgIpc) is 2.83. The van der Waals surface area contributed by atoms with Gasteiger partial charge in [-0.15, -0.1) is 0 Å². The second-order valence-corrected chi connectivity index (χ2v) is 9.06. The number of hydrogen-bond acceptors (Lipinski definition) is 7. The first-order chi connectivity index (χ1) is 16.5. The third-order valence-electron chi connectivity index (χ3n) is 5.80. The van der Waals surface area contributed by atoms with E-state index in [-0.39, 0.29) is 18.8 Å². The summed E-state index contributed by atoms with van der Waals surface area (Å²) in [4.78, 5) is 37.1. The minimum Gasteiger partial charge on any atom is -0.466 e. The molecule has 34 heavy (non-hydrogen) atoms. The monoisotopic (exact) mass is 485 g/mol. The van der Waals surface area contributed by atoms with Crippen LogP contribution in [-0.4, -0.2) is 49.7 Å². The fourth-order valence-electron chi connectivity index (χ4n) is 3.56. The van der Waals surface area contributed by atoms with Crippen molar-refractivity contribution < 1.29 is 23.9 Å². The minimum atomic E-state index is -0.918. The molecule has 200 valence electrons. The maximum atomic E-state index is 12.6. The van der Waals surface area contributed by atoms with E-state index in [0.29, 0.717) is 32.6 Å². The number of carbonyl (C=O) groups is 3. The topological polar surface area (TPSA) is 134 Å². The molecule has 8 heteroatoms. The largest absolute Gasteiger partial charge is 0.466 e. The molecule has 2 atom stereocenters. The molecule has 0 heterocycles. The predicted octanol–water partition coefficient (Wildman–Crippen LogP) is 4.13. The molecule has 0 saturated carbocycles. The van der Waals surface area contributed by atoms with Gasteiger partial charge in [0.15, 0.2) is 0 Å². The highest BCUT2D eigenvalue weighted by Crippen LogP contribution is 2.09. The Morgan fingerprint density at radius 1 is 0.735 bits per heavy atom. The van der Waals surface area contributed by atoms with E-state index in [1.807, 2.05) is 0 Å².